The van der Waals surface area contributed by atoms with Crippen molar-refractivity contribution in [2.45, 2.75) is 52.1 Å². The third kappa shape index (κ3) is 7.61. The summed E-state index contributed by atoms with van der Waals surface area (Å²) < 4.78 is 5.61. The Morgan fingerprint density at radius 2 is 1.79 bits per heavy atom. The lowest BCUT2D eigenvalue weighted by atomic mass is 9.95. The molecule has 3 amide bonds. The maximum atomic E-state index is 12.7. The van der Waals surface area contributed by atoms with Gasteiger partial charge in [0.1, 0.15) is 5.75 Å². The highest BCUT2D eigenvalue weighted by atomic mass is 16.5. The van der Waals surface area contributed by atoms with Crippen LogP contribution in [0.5, 0.6) is 5.75 Å². The normalized spacial score (nSPS) is 14.8. The molecule has 1 heterocycles. The quantitative estimate of drug-likeness (QED) is 0.562. The summed E-state index contributed by atoms with van der Waals surface area (Å²) in [6.07, 6.45) is 2.49. The molecule has 0 aromatic heterocycles. The van der Waals surface area contributed by atoms with Gasteiger partial charge in [0, 0.05) is 37.2 Å². The van der Waals surface area contributed by atoms with Gasteiger partial charge in [-0.3, -0.25) is 14.4 Å². The van der Waals surface area contributed by atoms with Crippen molar-refractivity contribution in [3.63, 3.8) is 0 Å². The number of para-hydroxylation sites is 1. The van der Waals surface area contributed by atoms with Gasteiger partial charge in [-0.05, 0) is 56.0 Å². The molecule has 3 rings (SSSR count). The Labute approximate surface area is 201 Å². The maximum Gasteiger partial charge on any atom is 0.251 e. The summed E-state index contributed by atoms with van der Waals surface area (Å²) in [5.74, 6) is 0.596. The van der Waals surface area contributed by atoms with Crippen molar-refractivity contribution in [2.75, 3.05) is 19.7 Å². The van der Waals surface area contributed by atoms with E-state index in [2.05, 4.69) is 10.6 Å². The molecule has 1 aliphatic heterocycles. The minimum Gasteiger partial charge on any atom is -0.493 e. The number of piperidine rings is 1. The number of hydrogen-bond donors (Lipinski definition) is 2. The van der Waals surface area contributed by atoms with E-state index in [-0.39, 0.29) is 29.7 Å². The molecule has 1 saturated heterocycles. The maximum absolute atomic E-state index is 12.7. The molecule has 1 fully saturated rings. The molecular formula is C27H35N3O4. The molecule has 0 aliphatic carbocycles. The lowest BCUT2D eigenvalue weighted by Crippen LogP contribution is -2.43. The lowest BCUT2D eigenvalue weighted by molar-refractivity contribution is -0.136. The van der Waals surface area contributed by atoms with Gasteiger partial charge in [0.25, 0.3) is 5.91 Å². The van der Waals surface area contributed by atoms with E-state index in [0.29, 0.717) is 51.1 Å². The highest BCUT2D eigenvalue weighted by molar-refractivity contribution is 5.94. The van der Waals surface area contributed by atoms with Crippen LogP contribution >= 0.6 is 0 Å². The first-order chi connectivity index (χ1) is 16.5. The third-order valence-electron chi connectivity index (χ3n) is 6.19. The molecule has 0 saturated carbocycles. The number of carbonyl (C=O) groups excluding carboxylic acids is 3. The fourth-order valence-corrected chi connectivity index (χ4v) is 3.89. The molecule has 1 atom stereocenters. The van der Waals surface area contributed by atoms with Crippen LogP contribution in [-0.2, 0) is 16.1 Å². The van der Waals surface area contributed by atoms with Crippen LogP contribution in [-0.4, -0.2) is 48.4 Å². The van der Waals surface area contributed by atoms with Gasteiger partial charge >= 0.3 is 0 Å². The van der Waals surface area contributed by atoms with Crippen molar-refractivity contribution < 1.29 is 19.1 Å². The summed E-state index contributed by atoms with van der Waals surface area (Å²) in [5, 5.41) is 5.95. The zero-order chi connectivity index (χ0) is 24.3. The summed E-state index contributed by atoms with van der Waals surface area (Å²) in [5.41, 5.74) is 1.48. The Balaban J connectivity index is 1.39. The first-order valence-electron chi connectivity index (χ1n) is 12.1. The van der Waals surface area contributed by atoms with Gasteiger partial charge < -0.3 is 20.3 Å². The molecule has 1 aliphatic rings. The molecule has 7 nitrogen and oxygen atoms in total. The summed E-state index contributed by atoms with van der Waals surface area (Å²) in [6.45, 7) is 5.87. The number of rotatable bonds is 10. The zero-order valence-corrected chi connectivity index (χ0v) is 20.1. The molecule has 7 heteroatoms. The molecule has 2 aromatic carbocycles. The van der Waals surface area contributed by atoms with E-state index in [0.717, 1.165) is 17.7 Å². The topological polar surface area (TPSA) is 87.7 Å². The Hall–Kier alpha value is -3.35. The largest absolute Gasteiger partial charge is 0.493 e. The van der Waals surface area contributed by atoms with E-state index < -0.39 is 0 Å². The predicted molar refractivity (Wildman–Crippen MR) is 131 cm³/mol. The fraction of sp³-hybridized carbons (Fsp3) is 0.444. The van der Waals surface area contributed by atoms with Crippen LogP contribution in [0, 0.1) is 5.92 Å². The number of ether oxygens (including phenoxy) is 1. The monoisotopic (exact) mass is 465 g/mol. The van der Waals surface area contributed by atoms with Crippen molar-refractivity contribution in [1.82, 2.24) is 15.5 Å². The average Bonchev–Trinajstić information content (AvgIpc) is 2.88. The summed E-state index contributed by atoms with van der Waals surface area (Å²) in [7, 11) is 0. The third-order valence-corrected chi connectivity index (χ3v) is 6.19. The molecule has 1 unspecified atom stereocenters. The molecule has 0 spiro atoms. The molecule has 34 heavy (non-hydrogen) atoms. The molecule has 2 N–H and O–H groups in total. The van der Waals surface area contributed by atoms with Crippen LogP contribution in [0.3, 0.4) is 0 Å². The SMILES string of the molecule is CCC(C)NC(=O)c1cccc(CNC(=O)C2CCN(C(=O)CCOc3ccccc3)CC2)c1. The average molecular weight is 466 g/mol. The second-order valence-electron chi connectivity index (χ2n) is 8.77. The van der Waals surface area contributed by atoms with Gasteiger partial charge in [-0.1, -0.05) is 37.3 Å². The molecular weight excluding hydrogens is 430 g/mol. The lowest BCUT2D eigenvalue weighted by Gasteiger charge is -2.31. The van der Waals surface area contributed by atoms with Crippen molar-refractivity contribution in [3.05, 3.63) is 65.7 Å². The molecule has 0 radical (unpaired) electrons. The minimum absolute atomic E-state index is 0.00558. The van der Waals surface area contributed by atoms with Gasteiger partial charge in [-0.15, -0.1) is 0 Å². The van der Waals surface area contributed by atoms with Crippen molar-refractivity contribution in [2.24, 2.45) is 5.92 Å². The van der Waals surface area contributed by atoms with Crippen molar-refractivity contribution in [3.8, 4) is 5.75 Å². The highest BCUT2D eigenvalue weighted by Gasteiger charge is 2.27. The van der Waals surface area contributed by atoms with Crippen molar-refractivity contribution in [1.29, 1.82) is 0 Å². The summed E-state index contributed by atoms with van der Waals surface area (Å²) >= 11 is 0. The fourth-order valence-electron chi connectivity index (χ4n) is 3.89. The second kappa shape index (κ2) is 12.8. The minimum atomic E-state index is -0.110. The number of amides is 3. The van der Waals surface area contributed by atoms with Crippen molar-refractivity contribution >= 4 is 17.7 Å². The van der Waals surface area contributed by atoms with E-state index in [4.69, 9.17) is 4.74 Å². The Kier molecular flexibility index (Phi) is 9.50. The number of hydrogen-bond acceptors (Lipinski definition) is 4. The van der Waals surface area contributed by atoms with E-state index in [1.54, 1.807) is 6.07 Å². The van der Waals surface area contributed by atoms with Gasteiger partial charge in [-0.2, -0.15) is 0 Å². The standard InChI is InChI=1S/C27H35N3O4/c1-3-20(2)29-27(33)23-9-7-8-21(18-23)19-28-26(32)22-12-15-30(16-13-22)25(31)14-17-34-24-10-5-4-6-11-24/h4-11,18,20,22H,3,12-17,19H2,1-2H3,(H,28,32)(H,29,33). The number of likely N-dealkylation sites (tertiary alicyclic amines) is 1. The van der Waals surface area contributed by atoms with E-state index in [9.17, 15) is 14.4 Å². The second-order valence-corrected chi connectivity index (χ2v) is 8.77. The van der Waals surface area contributed by atoms with E-state index >= 15 is 0 Å². The number of nitrogens with one attached hydrogen (secondary N) is 2. The number of benzene rings is 2. The number of carbonyl (C=O) groups is 3. The van der Waals surface area contributed by atoms with Gasteiger partial charge in [0.05, 0.1) is 13.0 Å². The Bertz CT molecular complexity index is 955. The van der Waals surface area contributed by atoms with E-state index in [1.807, 2.05) is 67.3 Å². The zero-order valence-electron chi connectivity index (χ0n) is 20.1. The van der Waals surface area contributed by atoms with Crippen LogP contribution in [0.15, 0.2) is 54.6 Å². The Morgan fingerprint density at radius 1 is 1.06 bits per heavy atom. The van der Waals surface area contributed by atoms with Crippen LogP contribution < -0.4 is 15.4 Å². The van der Waals surface area contributed by atoms with Crippen LogP contribution in [0.4, 0.5) is 0 Å². The van der Waals surface area contributed by atoms with Crippen LogP contribution in [0.1, 0.15) is 55.5 Å². The highest BCUT2D eigenvalue weighted by Crippen LogP contribution is 2.19. The van der Waals surface area contributed by atoms with Gasteiger partial charge in [-0.25, -0.2) is 0 Å². The van der Waals surface area contributed by atoms with Gasteiger partial charge in [0.2, 0.25) is 11.8 Å². The number of nitrogens with zero attached hydrogens (tertiary/aromatic N) is 1. The summed E-state index contributed by atoms with van der Waals surface area (Å²) in [6, 6.07) is 16.9. The first-order valence-corrected chi connectivity index (χ1v) is 12.1. The molecule has 182 valence electrons. The molecule has 0 bridgehead atoms. The smallest absolute Gasteiger partial charge is 0.251 e. The van der Waals surface area contributed by atoms with Gasteiger partial charge in [0.15, 0.2) is 0 Å². The van der Waals surface area contributed by atoms with Crippen LogP contribution in [0.25, 0.3) is 0 Å². The Morgan fingerprint density at radius 3 is 2.50 bits per heavy atom. The first kappa shape index (κ1) is 25.3. The van der Waals surface area contributed by atoms with E-state index in [1.165, 1.54) is 0 Å². The molecule has 2 aromatic rings. The summed E-state index contributed by atoms with van der Waals surface area (Å²) in [4.78, 5) is 39.3. The van der Waals surface area contributed by atoms with Crippen LogP contribution in [0.2, 0.25) is 0 Å². The predicted octanol–water partition coefficient (Wildman–Crippen LogP) is 3.54.